The fourth-order valence-electron chi connectivity index (χ4n) is 3.05. The first-order valence-corrected chi connectivity index (χ1v) is 8.09. The summed E-state index contributed by atoms with van der Waals surface area (Å²) in [4.78, 5) is 50.1. The van der Waals surface area contributed by atoms with Crippen molar-refractivity contribution in [1.29, 1.82) is 0 Å². The van der Waals surface area contributed by atoms with Crippen molar-refractivity contribution in [3.8, 4) is 5.82 Å². The van der Waals surface area contributed by atoms with E-state index in [-0.39, 0.29) is 6.54 Å². The molecule has 3 heterocycles. The lowest BCUT2D eigenvalue weighted by molar-refractivity contribution is -0.143. The number of carbonyl (C=O) groups is 4. The fourth-order valence-corrected chi connectivity index (χ4v) is 3.05. The van der Waals surface area contributed by atoms with Gasteiger partial charge in [0.1, 0.15) is 5.76 Å². The summed E-state index contributed by atoms with van der Waals surface area (Å²) in [5.74, 6) is -1.15. The molecule has 0 aromatic carbocycles. The number of hydrogen-bond acceptors (Lipinski definition) is 6. The molecule has 0 spiro atoms. The second kappa shape index (κ2) is 6.25. The molecule has 0 bridgehead atoms. The van der Waals surface area contributed by atoms with E-state index in [1.54, 1.807) is 37.5 Å². The molecule has 2 aromatic heterocycles. The highest BCUT2D eigenvalue weighted by Crippen LogP contribution is 2.22. The molecule has 0 radical (unpaired) electrons. The van der Waals surface area contributed by atoms with Crippen LogP contribution in [0.3, 0.4) is 0 Å². The van der Waals surface area contributed by atoms with Gasteiger partial charge in [0.15, 0.2) is 11.6 Å². The van der Waals surface area contributed by atoms with Gasteiger partial charge in [-0.05, 0) is 33.8 Å². The zero-order valence-corrected chi connectivity index (χ0v) is 14.9. The number of Topliss-reactive ketones (excluding diaryl/α,β-unsaturated/α-hetero) is 1. The molecule has 0 saturated carbocycles. The predicted octanol–water partition coefficient (Wildman–Crippen LogP) is 1.38. The summed E-state index contributed by atoms with van der Waals surface area (Å²) in [5.41, 5.74) is 1.72. The molecule has 9 heteroatoms. The maximum absolute atomic E-state index is 12.7. The lowest BCUT2D eigenvalue weighted by Crippen LogP contribution is -2.37. The van der Waals surface area contributed by atoms with Crippen LogP contribution in [0.1, 0.15) is 34.4 Å². The van der Waals surface area contributed by atoms with Gasteiger partial charge in [-0.15, -0.1) is 0 Å². The lowest BCUT2D eigenvalue weighted by atomic mass is 10.1. The van der Waals surface area contributed by atoms with Crippen molar-refractivity contribution in [2.75, 3.05) is 13.1 Å². The number of aromatic nitrogens is 2. The monoisotopic (exact) mass is 358 g/mol. The van der Waals surface area contributed by atoms with Crippen LogP contribution in [0.15, 0.2) is 16.7 Å². The highest BCUT2D eigenvalue weighted by molar-refractivity contribution is 6.45. The van der Waals surface area contributed by atoms with Gasteiger partial charge in [-0.1, -0.05) is 5.16 Å². The van der Waals surface area contributed by atoms with Gasteiger partial charge in [-0.25, -0.2) is 9.69 Å². The number of rotatable bonds is 5. The molecular weight excluding hydrogens is 340 g/mol. The molecule has 136 valence electrons. The first-order chi connectivity index (χ1) is 12.3. The molecule has 4 amide bonds. The van der Waals surface area contributed by atoms with E-state index in [0.717, 1.165) is 10.6 Å². The van der Waals surface area contributed by atoms with Gasteiger partial charge in [0, 0.05) is 29.6 Å². The largest absolute Gasteiger partial charge is 0.360 e. The Balaban J connectivity index is 1.89. The number of hydrogen-bond donors (Lipinski definition) is 0. The number of nitrogens with zero attached hydrogens (tertiary/aromatic N) is 4. The minimum atomic E-state index is -0.980. The molecule has 0 atom stereocenters. The van der Waals surface area contributed by atoms with Gasteiger partial charge in [0.05, 0.1) is 6.54 Å². The maximum Gasteiger partial charge on any atom is 0.334 e. The van der Waals surface area contributed by atoms with Crippen molar-refractivity contribution in [2.24, 2.45) is 0 Å². The molecule has 1 aliphatic heterocycles. The molecule has 2 aromatic rings. The first kappa shape index (κ1) is 17.6. The van der Waals surface area contributed by atoms with Gasteiger partial charge in [-0.3, -0.25) is 23.9 Å². The minimum Gasteiger partial charge on any atom is -0.360 e. The predicted molar refractivity (Wildman–Crippen MR) is 88.9 cm³/mol. The van der Waals surface area contributed by atoms with Gasteiger partial charge in [0.25, 0.3) is 0 Å². The van der Waals surface area contributed by atoms with E-state index < -0.39 is 30.2 Å². The van der Waals surface area contributed by atoms with E-state index in [9.17, 15) is 19.2 Å². The third-order valence-corrected chi connectivity index (χ3v) is 4.33. The number of aryl methyl sites for hydroxylation is 2. The average molecular weight is 358 g/mol. The van der Waals surface area contributed by atoms with Gasteiger partial charge < -0.3 is 4.52 Å². The summed E-state index contributed by atoms with van der Waals surface area (Å²) in [7, 11) is 0. The molecule has 1 aliphatic rings. The zero-order chi connectivity index (χ0) is 19.2. The van der Waals surface area contributed by atoms with Crippen LogP contribution >= 0.6 is 0 Å². The Morgan fingerprint density at radius 1 is 1.08 bits per heavy atom. The number of urea groups is 1. The van der Waals surface area contributed by atoms with Crippen LogP contribution in [0.25, 0.3) is 5.82 Å². The van der Waals surface area contributed by atoms with Gasteiger partial charge >= 0.3 is 17.8 Å². The van der Waals surface area contributed by atoms with Crippen LogP contribution in [-0.4, -0.2) is 56.2 Å². The van der Waals surface area contributed by atoms with E-state index in [4.69, 9.17) is 4.52 Å². The average Bonchev–Trinajstić information content (AvgIpc) is 3.19. The normalized spacial score (nSPS) is 14.7. The van der Waals surface area contributed by atoms with Gasteiger partial charge in [-0.2, -0.15) is 0 Å². The number of carbonyl (C=O) groups excluding carboxylic acids is 4. The smallest absolute Gasteiger partial charge is 0.334 e. The number of ketones is 1. The number of imide groups is 2. The summed E-state index contributed by atoms with van der Waals surface area (Å²) in [6.07, 6.45) is 0. The van der Waals surface area contributed by atoms with E-state index in [1.807, 2.05) is 6.92 Å². The first-order valence-electron chi connectivity index (χ1n) is 8.09. The summed E-state index contributed by atoms with van der Waals surface area (Å²) < 4.78 is 6.82. The highest BCUT2D eigenvalue weighted by Gasteiger charge is 2.44. The Labute approximate surface area is 149 Å². The van der Waals surface area contributed by atoms with Crippen molar-refractivity contribution in [1.82, 2.24) is 19.5 Å². The van der Waals surface area contributed by atoms with Crippen molar-refractivity contribution in [3.63, 3.8) is 0 Å². The second-order valence-electron chi connectivity index (χ2n) is 6.06. The van der Waals surface area contributed by atoms with Crippen LogP contribution in [0.5, 0.6) is 0 Å². The molecule has 26 heavy (non-hydrogen) atoms. The second-order valence-corrected chi connectivity index (χ2v) is 6.06. The Morgan fingerprint density at radius 2 is 1.73 bits per heavy atom. The molecule has 9 nitrogen and oxygen atoms in total. The van der Waals surface area contributed by atoms with Crippen molar-refractivity contribution in [2.45, 2.75) is 27.7 Å². The molecular formula is C17H18N4O5. The van der Waals surface area contributed by atoms with E-state index in [0.29, 0.717) is 27.7 Å². The molecule has 1 fully saturated rings. The van der Waals surface area contributed by atoms with Crippen molar-refractivity contribution in [3.05, 3.63) is 34.8 Å². The van der Waals surface area contributed by atoms with Crippen molar-refractivity contribution < 1.29 is 23.7 Å². The summed E-state index contributed by atoms with van der Waals surface area (Å²) >= 11 is 0. The van der Waals surface area contributed by atoms with Crippen LogP contribution in [0, 0.1) is 20.8 Å². The maximum atomic E-state index is 12.7. The van der Waals surface area contributed by atoms with Crippen molar-refractivity contribution >= 4 is 23.6 Å². The molecule has 0 aliphatic carbocycles. The summed E-state index contributed by atoms with van der Waals surface area (Å²) in [6.45, 7) is 6.49. The zero-order valence-electron chi connectivity index (χ0n) is 14.9. The molecule has 0 N–H and O–H groups in total. The van der Waals surface area contributed by atoms with E-state index in [2.05, 4.69) is 5.16 Å². The SMILES string of the molecule is CCN1C(=O)C(=O)N(CC(=O)c2cc(C)n(-c3cc(C)on3)c2C)C1=O. The van der Waals surface area contributed by atoms with Crippen LogP contribution < -0.4 is 0 Å². The quantitative estimate of drug-likeness (QED) is 0.454. The minimum absolute atomic E-state index is 0.0775. The van der Waals surface area contributed by atoms with E-state index >= 15 is 0 Å². The Hall–Kier alpha value is -3.23. The van der Waals surface area contributed by atoms with Crippen LogP contribution in [0.2, 0.25) is 0 Å². The standard InChI is InChI=1S/C17H18N4O5/c1-5-19-15(23)16(24)20(17(19)25)8-13(22)12-6-9(2)21(11(12)4)14-7-10(3)26-18-14/h6-7H,5,8H2,1-4H3. The molecule has 0 unspecified atom stereocenters. The van der Waals surface area contributed by atoms with Gasteiger partial charge in [0.2, 0.25) is 0 Å². The highest BCUT2D eigenvalue weighted by atomic mass is 16.5. The summed E-state index contributed by atoms with van der Waals surface area (Å²) in [5, 5.41) is 3.95. The van der Waals surface area contributed by atoms with Crippen LogP contribution in [-0.2, 0) is 9.59 Å². The number of amides is 4. The topological polar surface area (TPSA) is 106 Å². The Morgan fingerprint density at radius 3 is 2.27 bits per heavy atom. The third-order valence-electron chi connectivity index (χ3n) is 4.33. The molecule has 1 saturated heterocycles. The fraction of sp³-hybridized carbons (Fsp3) is 0.353. The Bertz CT molecular complexity index is 939. The third kappa shape index (κ3) is 2.61. The molecule has 3 rings (SSSR count). The Kier molecular flexibility index (Phi) is 4.23. The lowest BCUT2D eigenvalue weighted by Gasteiger charge is -2.13. The summed E-state index contributed by atoms with van der Waals surface area (Å²) in [6, 6.07) is 2.63. The van der Waals surface area contributed by atoms with E-state index in [1.165, 1.54) is 0 Å². The number of likely N-dealkylation sites (N-methyl/N-ethyl adjacent to an activating group) is 1. The van der Waals surface area contributed by atoms with Crippen LogP contribution in [0.4, 0.5) is 4.79 Å².